The molecule has 27 heavy (non-hydrogen) atoms. The van der Waals surface area contributed by atoms with Crippen LogP contribution in [0.3, 0.4) is 0 Å². The molecule has 1 saturated carbocycles. The van der Waals surface area contributed by atoms with E-state index in [0.717, 1.165) is 32.1 Å². The molecular formula is C17H20ClN7O2. The predicted molar refractivity (Wildman–Crippen MR) is 103 cm³/mol. The van der Waals surface area contributed by atoms with Gasteiger partial charge in [-0.1, -0.05) is 18.0 Å². The second-order valence-electron chi connectivity index (χ2n) is 6.96. The molecule has 1 spiro atoms. The zero-order valence-electron chi connectivity index (χ0n) is 14.8. The van der Waals surface area contributed by atoms with Crippen LogP contribution in [-0.4, -0.2) is 26.2 Å². The number of carbonyl (C=O) groups excluding carboxylic acids is 1. The Labute approximate surface area is 160 Å². The summed E-state index contributed by atoms with van der Waals surface area (Å²) in [5.41, 5.74) is 8.87. The number of nitrogens with two attached hydrogens (primary N) is 1. The highest BCUT2D eigenvalue weighted by molar-refractivity contribution is 6.34. The Hall–Kier alpha value is -2.81. The maximum Gasteiger partial charge on any atom is 0.293 e. The van der Waals surface area contributed by atoms with Gasteiger partial charge in [-0.05, 0) is 38.7 Å². The summed E-state index contributed by atoms with van der Waals surface area (Å²) in [7, 11) is 0. The summed E-state index contributed by atoms with van der Waals surface area (Å²) < 4.78 is 1.24. The molecular weight excluding hydrogens is 370 g/mol. The minimum Gasteiger partial charge on any atom is -0.383 e. The van der Waals surface area contributed by atoms with E-state index >= 15 is 0 Å². The number of nitrogen functional groups attached to an aromatic ring is 1. The first-order chi connectivity index (χ1) is 12.9. The maximum absolute atomic E-state index is 13.1. The third kappa shape index (κ3) is 2.97. The van der Waals surface area contributed by atoms with Crippen LogP contribution in [0.5, 0.6) is 0 Å². The number of fused-ring (bicyclic) bond motifs is 1. The average Bonchev–Trinajstić information content (AvgIpc) is 2.63. The van der Waals surface area contributed by atoms with Gasteiger partial charge in [0.1, 0.15) is 35.0 Å². The summed E-state index contributed by atoms with van der Waals surface area (Å²) in [6, 6.07) is 1.42. The van der Waals surface area contributed by atoms with E-state index in [1.54, 1.807) is 6.92 Å². The molecule has 2 aromatic heterocycles. The molecule has 2 aliphatic rings. The highest BCUT2D eigenvalue weighted by Gasteiger charge is 2.40. The largest absolute Gasteiger partial charge is 0.383 e. The summed E-state index contributed by atoms with van der Waals surface area (Å²) in [6.45, 7) is 1.75. The van der Waals surface area contributed by atoms with Gasteiger partial charge in [-0.25, -0.2) is 14.6 Å². The van der Waals surface area contributed by atoms with Crippen molar-refractivity contribution in [2.24, 2.45) is 0 Å². The number of pyridine rings is 1. The molecule has 0 unspecified atom stereocenters. The molecule has 10 heteroatoms. The molecule has 4 rings (SSSR count). The molecule has 1 fully saturated rings. The summed E-state index contributed by atoms with van der Waals surface area (Å²) in [5.74, 6) is 0.367. The van der Waals surface area contributed by atoms with Crippen LogP contribution in [0.25, 0.3) is 0 Å². The molecule has 0 aromatic carbocycles. The molecule has 0 saturated heterocycles. The van der Waals surface area contributed by atoms with Crippen molar-refractivity contribution < 1.29 is 4.79 Å². The van der Waals surface area contributed by atoms with Crippen molar-refractivity contribution in [3.05, 3.63) is 39.0 Å². The fraction of sp³-hybridized carbons (Fsp3) is 0.412. The fourth-order valence-corrected chi connectivity index (χ4v) is 3.90. The van der Waals surface area contributed by atoms with Gasteiger partial charge < -0.3 is 16.4 Å². The summed E-state index contributed by atoms with van der Waals surface area (Å²) >= 11 is 6.32. The minimum absolute atomic E-state index is 0.0994. The normalized spacial score (nSPS) is 17.8. The maximum atomic E-state index is 13.1. The minimum atomic E-state index is -0.622. The highest BCUT2D eigenvalue weighted by Crippen LogP contribution is 2.31. The lowest BCUT2D eigenvalue weighted by Crippen LogP contribution is -2.64. The van der Waals surface area contributed by atoms with Gasteiger partial charge in [-0.3, -0.25) is 15.0 Å². The molecule has 0 radical (unpaired) electrons. The summed E-state index contributed by atoms with van der Waals surface area (Å²) in [5, 5.41) is 6.11. The van der Waals surface area contributed by atoms with E-state index in [1.165, 1.54) is 17.1 Å². The first kappa shape index (κ1) is 17.6. The average molecular weight is 390 g/mol. The Morgan fingerprint density at radius 2 is 2.00 bits per heavy atom. The Morgan fingerprint density at radius 1 is 1.26 bits per heavy atom. The van der Waals surface area contributed by atoms with Crippen molar-refractivity contribution in [1.29, 1.82) is 0 Å². The Bertz CT molecular complexity index is 982. The van der Waals surface area contributed by atoms with E-state index in [-0.39, 0.29) is 22.3 Å². The van der Waals surface area contributed by atoms with Crippen LogP contribution in [-0.2, 0) is 0 Å². The van der Waals surface area contributed by atoms with Gasteiger partial charge in [0.25, 0.3) is 11.5 Å². The SMILES string of the molecule is Cc1c(N)ncnc1Nc1cc(Cl)c2n(c1=O)NC1(CCCCC1)NC2=O. The van der Waals surface area contributed by atoms with Crippen molar-refractivity contribution >= 4 is 34.8 Å². The number of nitrogens with zero attached hydrogens (tertiary/aromatic N) is 3. The first-order valence-corrected chi connectivity index (χ1v) is 9.18. The quantitative estimate of drug-likeness (QED) is 0.617. The molecule has 1 aliphatic carbocycles. The third-order valence-electron chi connectivity index (χ3n) is 5.13. The fourth-order valence-electron chi connectivity index (χ4n) is 3.62. The smallest absolute Gasteiger partial charge is 0.293 e. The zero-order valence-corrected chi connectivity index (χ0v) is 15.6. The van der Waals surface area contributed by atoms with Gasteiger partial charge in [0, 0.05) is 5.56 Å². The number of hydrogen-bond acceptors (Lipinski definition) is 7. The van der Waals surface area contributed by atoms with E-state index < -0.39 is 11.2 Å². The van der Waals surface area contributed by atoms with Gasteiger partial charge in [-0.2, -0.15) is 0 Å². The second kappa shape index (κ2) is 6.41. The number of anilines is 3. The lowest BCUT2D eigenvalue weighted by Gasteiger charge is -2.43. The van der Waals surface area contributed by atoms with Crippen LogP contribution in [0.2, 0.25) is 5.02 Å². The summed E-state index contributed by atoms with van der Waals surface area (Å²) in [4.78, 5) is 33.7. The second-order valence-corrected chi connectivity index (χ2v) is 7.37. The molecule has 0 bridgehead atoms. The number of nitrogens with one attached hydrogen (secondary N) is 3. The molecule has 9 nitrogen and oxygen atoms in total. The number of aromatic nitrogens is 3. The van der Waals surface area contributed by atoms with Crippen LogP contribution in [0.1, 0.15) is 48.2 Å². The van der Waals surface area contributed by atoms with Gasteiger partial charge in [0.2, 0.25) is 0 Å². The van der Waals surface area contributed by atoms with Crippen LogP contribution in [0.15, 0.2) is 17.2 Å². The van der Waals surface area contributed by atoms with E-state index in [0.29, 0.717) is 17.2 Å². The Morgan fingerprint density at radius 3 is 2.74 bits per heavy atom. The number of halogens is 1. The van der Waals surface area contributed by atoms with E-state index in [9.17, 15) is 9.59 Å². The van der Waals surface area contributed by atoms with E-state index in [1.807, 2.05) is 0 Å². The van der Waals surface area contributed by atoms with Crippen LogP contribution < -0.4 is 27.4 Å². The van der Waals surface area contributed by atoms with Gasteiger partial charge in [0.15, 0.2) is 0 Å². The van der Waals surface area contributed by atoms with Gasteiger partial charge in [-0.15, -0.1) is 0 Å². The Kier molecular flexibility index (Phi) is 4.18. The lowest BCUT2D eigenvalue weighted by molar-refractivity contribution is 0.0834. The molecule has 3 heterocycles. The molecule has 2 aromatic rings. The van der Waals surface area contributed by atoms with Crippen molar-refractivity contribution in [3.63, 3.8) is 0 Å². The molecule has 142 valence electrons. The van der Waals surface area contributed by atoms with Crippen molar-refractivity contribution in [3.8, 4) is 0 Å². The monoisotopic (exact) mass is 389 g/mol. The van der Waals surface area contributed by atoms with Crippen LogP contribution >= 0.6 is 11.6 Å². The molecule has 5 N–H and O–H groups in total. The third-order valence-corrected chi connectivity index (χ3v) is 5.42. The Balaban J connectivity index is 1.78. The van der Waals surface area contributed by atoms with Gasteiger partial charge in [0.05, 0.1) is 5.02 Å². The van der Waals surface area contributed by atoms with Crippen molar-refractivity contribution in [2.45, 2.75) is 44.7 Å². The number of carbonyl (C=O) groups is 1. The topological polar surface area (TPSA) is 127 Å². The van der Waals surface area contributed by atoms with Crippen LogP contribution in [0, 0.1) is 6.92 Å². The van der Waals surface area contributed by atoms with E-state index in [4.69, 9.17) is 17.3 Å². The lowest BCUT2D eigenvalue weighted by atomic mass is 9.88. The number of amides is 1. The number of rotatable bonds is 2. The molecule has 1 aliphatic heterocycles. The zero-order chi connectivity index (χ0) is 19.2. The highest BCUT2D eigenvalue weighted by atomic mass is 35.5. The molecule has 0 atom stereocenters. The van der Waals surface area contributed by atoms with E-state index in [2.05, 4.69) is 26.0 Å². The summed E-state index contributed by atoms with van der Waals surface area (Å²) in [6.07, 6.45) is 5.87. The van der Waals surface area contributed by atoms with Gasteiger partial charge >= 0.3 is 0 Å². The standard InChI is InChI=1S/C17H20ClN7O2/c1-9-13(19)20-8-21-14(9)22-11-7-10(18)12-15(26)23-17(5-3-2-4-6-17)24-25(12)16(11)27/h7-8,24H,2-6H2,1H3,(H,23,26)(H3,19,20,21,22). The number of hydrogen-bond donors (Lipinski definition) is 4. The van der Waals surface area contributed by atoms with Crippen molar-refractivity contribution in [1.82, 2.24) is 20.0 Å². The first-order valence-electron chi connectivity index (χ1n) is 8.80. The van der Waals surface area contributed by atoms with Crippen LogP contribution in [0.4, 0.5) is 17.3 Å². The molecule has 1 amide bonds. The van der Waals surface area contributed by atoms with Crippen molar-refractivity contribution in [2.75, 3.05) is 16.5 Å². The predicted octanol–water partition coefficient (Wildman–Crippen LogP) is 1.87.